The molecule has 146 valence electrons. The van der Waals surface area contributed by atoms with Crippen molar-refractivity contribution in [2.45, 2.75) is 37.1 Å². The summed E-state index contributed by atoms with van der Waals surface area (Å²) in [6, 6.07) is 6.20. The highest BCUT2D eigenvalue weighted by molar-refractivity contribution is 7.89. The number of hydrogen-bond donors (Lipinski definition) is 2. The van der Waals surface area contributed by atoms with Crippen LogP contribution in [0, 0.1) is 11.8 Å². The second kappa shape index (κ2) is 7.77. The van der Waals surface area contributed by atoms with E-state index in [9.17, 15) is 22.8 Å². The number of rotatable bonds is 6. The first-order valence-corrected chi connectivity index (χ1v) is 10.5. The third-order valence-corrected chi connectivity index (χ3v) is 6.61. The fourth-order valence-corrected chi connectivity index (χ4v) is 4.53. The maximum absolute atomic E-state index is 12.4. The first-order valence-electron chi connectivity index (χ1n) is 8.98. The van der Waals surface area contributed by atoms with Crippen LogP contribution >= 0.6 is 0 Å². The number of nitrogens with one attached hydrogen (secondary N) is 2. The molecule has 0 aromatic heterocycles. The van der Waals surface area contributed by atoms with Gasteiger partial charge in [-0.3, -0.25) is 19.3 Å². The van der Waals surface area contributed by atoms with Crippen LogP contribution in [0.2, 0.25) is 0 Å². The van der Waals surface area contributed by atoms with Crippen LogP contribution in [0.5, 0.6) is 0 Å². The Morgan fingerprint density at radius 1 is 1.15 bits per heavy atom. The van der Waals surface area contributed by atoms with Crippen molar-refractivity contribution in [2.24, 2.45) is 11.8 Å². The van der Waals surface area contributed by atoms with E-state index in [2.05, 4.69) is 10.0 Å². The van der Waals surface area contributed by atoms with E-state index in [1.807, 2.05) is 0 Å². The first-order chi connectivity index (χ1) is 12.8. The van der Waals surface area contributed by atoms with Gasteiger partial charge in [-0.1, -0.05) is 25.0 Å². The summed E-state index contributed by atoms with van der Waals surface area (Å²) in [5, 5.41) is 2.64. The number of carbonyl (C=O) groups is 3. The van der Waals surface area contributed by atoms with E-state index in [4.69, 9.17) is 0 Å². The van der Waals surface area contributed by atoms with Crippen molar-refractivity contribution in [3.05, 3.63) is 29.8 Å². The summed E-state index contributed by atoms with van der Waals surface area (Å²) < 4.78 is 25.9. The van der Waals surface area contributed by atoms with Crippen LogP contribution in [-0.4, -0.2) is 44.6 Å². The standard InChI is InChI=1S/C18H23N3O5S/c1-19-27(25,26)13-6-4-5-12(9-13)10-20-16(22)11-21-17(23)14-7-2-3-8-15(14)18(21)24/h4-6,9,14-15,19H,2-3,7-8,10-11H2,1H3,(H,20,22). The highest BCUT2D eigenvalue weighted by Gasteiger charge is 2.48. The second-order valence-corrected chi connectivity index (χ2v) is 8.78. The maximum Gasteiger partial charge on any atom is 0.240 e. The minimum atomic E-state index is -3.56. The Kier molecular flexibility index (Phi) is 5.61. The number of amides is 3. The number of benzene rings is 1. The minimum Gasteiger partial charge on any atom is -0.350 e. The molecule has 0 spiro atoms. The molecule has 2 atom stereocenters. The van der Waals surface area contributed by atoms with Gasteiger partial charge in [-0.05, 0) is 37.6 Å². The maximum atomic E-state index is 12.4. The van der Waals surface area contributed by atoms with Crippen molar-refractivity contribution in [1.82, 2.24) is 14.9 Å². The fourth-order valence-electron chi connectivity index (χ4n) is 3.73. The van der Waals surface area contributed by atoms with Crippen LogP contribution in [0.4, 0.5) is 0 Å². The van der Waals surface area contributed by atoms with Gasteiger partial charge in [0, 0.05) is 6.54 Å². The van der Waals surface area contributed by atoms with Crippen LogP contribution in [0.25, 0.3) is 0 Å². The van der Waals surface area contributed by atoms with Crippen molar-refractivity contribution in [3.63, 3.8) is 0 Å². The van der Waals surface area contributed by atoms with Gasteiger partial charge >= 0.3 is 0 Å². The summed E-state index contributed by atoms with van der Waals surface area (Å²) in [5.41, 5.74) is 0.604. The van der Waals surface area contributed by atoms with Crippen molar-refractivity contribution in [3.8, 4) is 0 Å². The molecule has 2 N–H and O–H groups in total. The molecule has 1 aliphatic heterocycles. The molecule has 2 fully saturated rings. The predicted molar refractivity (Wildman–Crippen MR) is 96.7 cm³/mol. The van der Waals surface area contributed by atoms with Gasteiger partial charge in [0.25, 0.3) is 0 Å². The van der Waals surface area contributed by atoms with Gasteiger partial charge in [0.2, 0.25) is 27.7 Å². The lowest BCUT2D eigenvalue weighted by atomic mass is 9.81. The van der Waals surface area contributed by atoms with Crippen molar-refractivity contribution >= 4 is 27.7 Å². The molecule has 0 bridgehead atoms. The smallest absolute Gasteiger partial charge is 0.240 e. The van der Waals surface area contributed by atoms with Crippen LogP contribution in [0.15, 0.2) is 29.2 Å². The Morgan fingerprint density at radius 3 is 2.37 bits per heavy atom. The second-order valence-electron chi connectivity index (χ2n) is 6.89. The molecule has 2 unspecified atom stereocenters. The Hall–Kier alpha value is -2.26. The average molecular weight is 393 g/mol. The molecule has 1 heterocycles. The predicted octanol–water partition coefficient (Wildman–Crippen LogP) is 0.386. The number of hydrogen-bond acceptors (Lipinski definition) is 5. The largest absolute Gasteiger partial charge is 0.350 e. The normalized spacial score (nSPS) is 22.6. The van der Waals surface area contributed by atoms with E-state index in [1.165, 1.54) is 19.2 Å². The molecule has 9 heteroatoms. The van der Waals surface area contributed by atoms with Gasteiger partial charge in [-0.2, -0.15) is 0 Å². The van der Waals surface area contributed by atoms with E-state index < -0.39 is 15.9 Å². The molecular formula is C18H23N3O5S. The third-order valence-electron chi connectivity index (χ3n) is 5.20. The lowest BCUT2D eigenvalue weighted by Crippen LogP contribution is -2.40. The van der Waals surface area contributed by atoms with Gasteiger partial charge in [0.1, 0.15) is 6.54 Å². The molecule has 8 nitrogen and oxygen atoms in total. The number of imide groups is 1. The Labute approximate surface area is 158 Å². The zero-order valence-corrected chi connectivity index (χ0v) is 15.9. The van der Waals surface area contributed by atoms with E-state index >= 15 is 0 Å². The van der Waals surface area contributed by atoms with Gasteiger partial charge in [0.15, 0.2) is 0 Å². The monoisotopic (exact) mass is 393 g/mol. The van der Waals surface area contributed by atoms with Gasteiger partial charge < -0.3 is 5.32 Å². The topological polar surface area (TPSA) is 113 Å². The van der Waals surface area contributed by atoms with Crippen LogP contribution in [0.1, 0.15) is 31.2 Å². The van der Waals surface area contributed by atoms with Gasteiger partial charge in [0.05, 0.1) is 16.7 Å². The minimum absolute atomic E-state index is 0.103. The molecule has 3 rings (SSSR count). The van der Waals surface area contributed by atoms with Gasteiger partial charge in [-0.25, -0.2) is 13.1 Å². The molecule has 2 aliphatic rings. The average Bonchev–Trinajstić information content (AvgIpc) is 2.92. The number of fused-ring (bicyclic) bond motifs is 1. The highest BCUT2D eigenvalue weighted by atomic mass is 32.2. The number of carbonyl (C=O) groups excluding carboxylic acids is 3. The molecular weight excluding hydrogens is 370 g/mol. The van der Waals surface area contributed by atoms with E-state index in [1.54, 1.807) is 12.1 Å². The van der Waals surface area contributed by atoms with E-state index in [0.29, 0.717) is 18.4 Å². The number of likely N-dealkylation sites (tertiary alicyclic amines) is 1. The van der Waals surface area contributed by atoms with E-state index in [0.717, 1.165) is 17.7 Å². The molecule has 1 saturated carbocycles. The van der Waals surface area contributed by atoms with Gasteiger partial charge in [-0.15, -0.1) is 0 Å². The lowest BCUT2D eigenvalue weighted by molar-refractivity contribution is -0.143. The quantitative estimate of drug-likeness (QED) is 0.679. The summed E-state index contributed by atoms with van der Waals surface area (Å²) >= 11 is 0. The summed E-state index contributed by atoms with van der Waals surface area (Å²) in [4.78, 5) is 38.2. The lowest BCUT2D eigenvalue weighted by Gasteiger charge is -2.19. The van der Waals surface area contributed by atoms with Crippen LogP contribution in [-0.2, 0) is 31.0 Å². The molecule has 0 radical (unpaired) electrons. The zero-order chi connectivity index (χ0) is 19.6. The van der Waals surface area contributed by atoms with E-state index in [-0.39, 0.29) is 41.6 Å². The van der Waals surface area contributed by atoms with Crippen molar-refractivity contribution in [2.75, 3.05) is 13.6 Å². The van der Waals surface area contributed by atoms with Crippen molar-refractivity contribution in [1.29, 1.82) is 0 Å². The summed E-state index contributed by atoms with van der Waals surface area (Å²) in [7, 11) is -2.24. The Bertz CT molecular complexity index is 844. The van der Waals surface area contributed by atoms with Crippen molar-refractivity contribution < 1.29 is 22.8 Å². The van der Waals surface area contributed by atoms with Crippen LogP contribution in [0.3, 0.4) is 0 Å². The number of nitrogens with zero attached hydrogens (tertiary/aromatic N) is 1. The van der Waals surface area contributed by atoms with Crippen LogP contribution < -0.4 is 10.0 Å². The molecule has 1 saturated heterocycles. The first kappa shape index (κ1) is 19.5. The SMILES string of the molecule is CNS(=O)(=O)c1cccc(CNC(=O)CN2C(=O)C3CCCCC3C2=O)c1. The summed E-state index contributed by atoms with van der Waals surface area (Å²) in [6.07, 6.45) is 3.29. The molecule has 3 amide bonds. The number of sulfonamides is 1. The Balaban J connectivity index is 1.60. The summed E-state index contributed by atoms with van der Waals surface area (Å²) in [6.45, 7) is -0.186. The molecule has 27 heavy (non-hydrogen) atoms. The fraction of sp³-hybridized carbons (Fsp3) is 0.500. The highest BCUT2D eigenvalue weighted by Crippen LogP contribution is 2.37. The zero-order valence-electron chi connectivity index (χ0n) is 15.1. The Morgan fingerprint density at radius 2 is 1.78 bits per heavy atom. The molecule has 1 aliphatic carbocycles. The molecule has 1 aromatic carbocycles. The molecule has 1 aromatic rings. The summed E-state index contributed by atoms with van der Waals surface area (Å²) in [5.74, 6) is -1.49. The third kappa shape index (κ3) is 4.03.